The Morgan fingerprint density at radius 3 is 2.44 bits per heavy atom. The number of methoxy groups -OCH3 is 2. The van der Waals surface area contributed by atoms with Gasteiger partial charge in [0.15, 0.2) is 22.3 Å². The Hall–Kier alpha value is -3.63. The molecule has 1 aromatic heterocycles. The lowest BCUT2D eigenvalue weighted by Gasteiger charge is -2.28. The smallest absolute Gasteiger partial charge is 0.302 e. The van der Waals surface area contributed by atoms with Gasteiger partial charge in [-0.2, -0.15) is 5.10 Å². The summed E-state index contributed by atoms with van der Waals surface area (Å²) < 4.78 is 10.8. The summed E-state index contributed by atoms with van der Waals surface area (Å²) in [6, 6.07) is 15.8. The Morgan fingerprint density at radius 2 is 1.81 bits per heavy atom. The fraction of sp³-hybridized carbons (Fsp3) is 0.240. The Balaban J connectivity index is 1.51. The first-order valence-electron chi connectivity index (χ1n) is 11.1. The van der Waals surface area contributed by atoms with E-state index in [-0.39, 0.29) is 27.9 Å². The van der Waals surface area contributed by atoms with Gasteiger partial charge in [0.25, 0.3) is 5.91 Å². The van der Waals surface area contributed by atoms with Crippen LogP contribution in [0, 0.1) is 0 Å². The fourth-order valence-electron chi connectivity index (χ4n) is 3.59. The minimum absolute atomic E-state index is 0.0691. The molecule has 2 heterocycles. The van der Waals surface area contributed by atoms with Crippen molar-refractivity contribution >= 4 is 45.9 Å². The molecule has 0 aliphatic carbocycles. The Bertz CT molecular complexity index is 1280. The Kier molecular flexibility index (Phi) is 8.07. The van der Waals surface area contributed by atoms with Crippen molar-refractivity contribution in [2.24, 2.45) is 5.10 Å². The number of benzene rings is 2. The number of ether oxygens (including phenoxy) is 2. The van der Waals surface area contributed by atoms with Crippen molar-refractivity contribution in [1.29, 1.82) is 0 Å². The molecule has 4 rings (SSSR count). The minimum Gasteiger partial charge on any atom is -0.493 e. The zero-order valence-corrected chi connectivity index (χ0v) is 21.5. The van der Waals surface area contributed by atoms with Crippen molar-refractivity contribution in [3.8, 4) is 11.5 Å². The molecule has 36 heavy (non-hydrogen) atoms. The molecule has 0 saturated carbocycles. The van der Waals surface area contributed by atoms with Gasteiger partial charge in [-0.25, -0.2) is 5.01 Å². The van der Waals surface area contributed by atoms with E-state index in [4.69, 9.17) is 26.2 Å². The minimum atomic E-state index is -0.399. The molecule has 0 spiro atoms. The molecule has 1 aliphatic rings. The summed E-state index contributed by atoms with van der Waals surface area (Å²) in [5.74, 6) is 0.828. The van der Waals surface area contributed by atoms with E-state index in [0.29, 0.717) is 17.2 Å². The molecule has 1 aliphatic heterocycles. The van der Waals surface area contributed by atoms with E-state index < -0.39 is 5.91 Å². The normalized spacial score (nSPS) is 15.3. The van der Waals surface area contributed by atoms with Crippen LogP contribution < -0.4 is 14.8 Å². The summed E-state index contributed by atoms with van der Waals surface area (Å²) in [7, 11) is 3.17. The average Bonchev–Trinajstić information content (AvgIpc) is 2.90. The van der Waals surface area contributed by atoms with Gasteiger partial charge in [-0.3, -0.25) is 9.59 Å². The number of hydrogen-bond acceptors (Lipinski definition) is 8. The fourth-order valence-corrected chi connectivity index (χ4v) is 4.62. The van der Waals surface area contributed by atoms with Crippen LogP contribution >= 0.6 is 23.4 Å². The predicted octanol–water partition coefficient (Wildman–Crippen LogP) is 5.25. The van der Waals surface area contributed by atoms with Gasteiger partial charge in [0.1, 0.15) is 0 Å². The lowest BCUT2D eigenvalue weighted by molar-refractivity contribution is 0.102. The summed E-state index contributed by atoms with van der Waals surface area (Å²) >= 11 is 6.97. The summed E-state index contributed by atoms with van der Waals surface area (Å²) in [6.45, 7) is 2.31. The van der Waals surface area contributed by atoms with Gasteiger partial charge in [-0.1, -0.05) is 42.4 Å². The van der Waals surface area contributed by atoms with Crippen LogP contribution in [0.1, 0.15) is 35.0 Å². The Labute approximate surface area is 217 Å². The first-order chi connectivity index (χ1) is 17.4. The van der Waals surface area contributed by atoms with E-state index in [9.17, 15) is 9.59 Å². The van der Waals surface area contributed by atoms with Gasteiger partial charge in [0.2, 0.25) is 0 Å². The SMILES string of the molecule is CCC1SC(=O)N(Cc2ccc(NC(=O)c3ccc(Cl)nn3)cc2)N=C1c1ccc(OC)c(OC)c1. The molecule has 0 fully saturated rings. The van der Waals surface area contributed by atoms with Crippen LogP contribution in [0.5, 0.6) is 11.5 Å². The van der Waals surface area contributed by atoms with Gasteiger partial charge in [-0.05, 0) is 54.4 Å². The molecule has 0 bridgehead atoms. The average molecular weight is 526 g/mol. The topological polar surface area (TPSA) is 106 Å². The number of thioether (sulfide) groups is 1. The van der Waals surface area contributed by atoms with Crippen LogP contribution in [0.4, 0.5) is 10.5 Å². The maximum atomic E-state index is 12.8. The van der Waals surface area contributed by atoms with Crippen molar-refractivity contribution in [3.63, 3.8) is 0 Å². The van der Waals surface area contributed by atoms with E-state index in [1.807, 2.05) is 37.3 Å². The van der Waals surface area contributed by atoms with Crippen molar-refractivity contribution in [1.82, 2.24) is 15.2 Å². The number of hydrogen-bond donors (Lipinski definition) is 1. The zero-order valence-electron chi connectivity index (χ0n) is 19.9. The van der Waals surface area contributed by atoms with Crippen LogP contribution in [0.25, 0.3) is 0 Å². The third-order valence-electron chi connectivity index (χ3n) is 5.45. The van der Waals surface area contributed by atoms with Crippen LogP contribution in [0.3, 0.4) is 0 Å². The molecule has 1 unspecified atom stereocenters. The predicted molar refractivity (Wildman–Crippen MR) is 140 cm³/mol. The number of carbonyl (C=O) groups excluding carboxylic acids is 2. The van der Waals surface area contributed by atoms with E-state index in [1.54, 1.807) is 26.4 Å². The summed E-state index contributed by atoms with van der Waals surface area (Å²) in [6.07, 6.45) is 0.754. The number of anilines is 1. The van der Waals surface area contributed by atoms with E-state index >= 15 is 0 Å². The summed E-state index contributed by atoms with van der Waals surface area (Å²) in [4.78, 5) is 25.2. The molecule has 1 N–H and O–H groups in total. The number of hydrazone groups is 1. The van der Waals surface area contributed by atoms with Gasteiger partial charge in [0, 0.05) is 11.3 Å². The second kappa shape index (κ2) is 11.4. The number of amides is 2. The molecular formula is C25H24ClN5O4S. The second-order valence-electron chi connectivity index (χ2n) is 7.79. The molecule has 186 valence electrons. The third-order valence-corrected chi connectivity index (χ3v) is 6.90. The highest BCUT2D eigenvalue weighted by Crippen LogP contribution is 2.33. The standard InChI is InChI=1S/C25H24ClN5O4S/c1-4-21-23(16-7-11-19(34-2)20(13-16)35-3)30-31(25(33)36-21)14-15-5-8-17(9-6-15)27-24(32)18-10-12-22(26)29-28-18/h5-13,21H,4,14H2,1-3H3,(H,27,32). The van der Waals surface area contributed by atoms with Crippen LogP contribution in [-0.2, 0) is 6.54 Å². The van der Waals surface area contributed by atoms with Crippen LogP contribution in [-0.4, -0.2) is 51.5 Å². The largest absolute Gasteiger partial charge is 0.493 e. The number of nitrogens with zero attached hydrogens (tertiary/aromatic N) is 4. The molecular weight excluding hydrogens is 502 g/mol. The summed E-state index contributed by atoms with van der Waals surface area (Å²) in [5.41, 5.74) is 3.27. The van der Waals surface area contributed by atoms with Crippen LogP contribution in [0.2, 0.25) is 5.15 Å². The number of nitrogens with one attached hydrogen (secondary N) is 1. The van der Waals surface area contributed by atoms with Gasteiger partial charge in [-0.15, -0.1) is 10.2 Å². The van der Waals surface area contributed by atoms with Crippen LogP contribution in [0.15, 0.2) is 59.7 Å². The molecule has 3 aromatic rings. The number of rotatable bonds is 8. The maximum absolute atomic E-state index is 12.8. The lowest BCUT2D eigenvalue weighted by Crippen LogP contribution is -2.34. The van der Waals surface area contributed by atoms with Gasteiger partial charge in [0.05, 0.1) is 31.7 Å². The molecule has 0 radical (unpaired) electrons. The van der Waals surface area contributed by atoms with Crippen molar-refractivity contribution in [3.05, 3.63) is 76.6 Å². The number of aromatic nitrogens is 2. The molecule has 2 amide bonds. The maximum Gasteiger partial charge on any atom is 0.302 e. The highest BCUT2D eigenvalue weighted by molar-refractivity contribution is 8.14. The van der Waals surface area contributed by atoms with Gasteiger partial charge >= 0.3 is 5.24 Å². The lowest BCUT2D eigenvalue weighted by atomic mass is 10.0. The molecule has 9 nitrogen and oxygen atoms in total. The zero-order chi connectivity index (χ0) is 25.7. The van der Waals surface area contributed by atoms with Crippen molar-refractivity contribution in [2.75, 3.05) is 19.5 Å². The number of carbonyl (C=O) groups is 2. The summed E-state index contributed by atoms with van der Waals surface area (Å²) in [5, 5.41) is 16.4. The molecule has 0 saturated heterocycles. The first kappa shape index (κ1) is 25.5. The molecule has 11 heteroatoms. The quantitative estimate of drug-likeness (QED) is 0.428. The molecule has 2 aromatic carbocycles. The van der Waals surface area contributed by atoms with E-state index in [0.717, 1.165) is 23.3 Å². The third kappa shape index (κ3) is 5.77. The Morgan fingerprint density at radius 1 is 1.06 bits per heavy atom. The van der Waals surface area contributed by atoms with Crippen molar-refractivity contribution in [2.45, 2.75) is 25.1 Å². The van der Waals surface area contributed by atoms with Gasteiger partial charge < -0.3 is 14.8 Å². The van der Waals surface area contributed by atoms with E-state index in [2.05, 4.69) is 15.5 Å². The monoisotopic (exact) mass is 525 g/mol. The van der Waals surface area contributed by atoms with E-state index in [1.165, 1.54) is 28.9 Å². The number of halogens is 1. The highest BCUT2D eigenvalue weighted by atomic mass is 35.5. The van der Waals surface area contributed by atoms with Crippen molar-refractivity contribution < 1.29 is 19.1 Å². The second-order valence-corrected chi connectivity index (χ2v) is 9.33. The molecule has 1 atom stereocenters. The first-order valence-corrected chi connectivity index (χ1v) is 12.4. The highest BCUT2D eigenvalue weighted by Gasteiger charge is 2.30.